The van der Waals surface area contributed by atoms with Gasteiger partial charge in [-0.05, 0) is 12.5 Å². The molecular formula is C18H24FN5O3. The fourth-order valence-corrected chi connectivity index (χ4v) is 3.57. The minimum absolute atomic E-state index is 0.0199. The van der Waals surface area contributed by atoms with Crippen LogP contribution in [0, 0.1) is 5.92 Å². The van der Waals surface area contributed by atoms with Gasteiger partial charge in [-0.2, -0.15) is 0 Å². The van der Waals surface area contributed by atoms with Gasteiger partial charge in [-0.15, -0.1) is 0 Å². The average molecular weight is 377 g/mol. The third-order valence-corrected chi connectivity index (χ3v) is 4.93. The number of H-pyrrole nitrogens is 1. The van der Waals surface area contributed by atoms with Gasteiger partial charge in [0.25, 0.3) is 0 Å². The van der Waals surface area contributed by atoms with Crippen molar-refractivity contribution < 1.29 is 19.2 Å². The molecule has 0 saturated carbocycles. The first-order valence-electron chi connectivity index (χ1n) is 9.18. The number of carbonyl (C=O) groups excluding carboxylic acids is 2. The van der Waals surface area contributed by atoms with Gasteiger partial charge in [0, 0.05) is 12.6 Å². The zero-order valence-corrected chi connectivity index (χ0v) is 15.2. The molecule has 2 N–H and O–H groups in total. The number of carbonyl (C=O) groups is 2. The molecule has 1 aliphatic heterocycles. The Morgan fingerprint density at radius 1 is 1.59 bits per heavy atom. The van der Waals surface area contributed by atoms with E-state index in [1.165, 1.54) is 4.90 Å². The number of likely N-dealkylation sites (tertiary alicyclic amines) is 1. The largest absolute Gasteiger partial charge is 0.339 e. The van der Waals surface area contributed by atoms with Crippen molar-refractivity contribution in [3.8, 4) is 0 Å². The molecule has 1 fully saturated rings. The van der Waals surface area contributed by atoms with Crippen LogP contribution >= 0.6 is 0 Å². The molecule has 3 heterocycles. The van der Waals surface area contributed by atoms with Crippen LogP contribution in [0.25, 0.3) is 11.0 Å². The molecule has 1 saturated heterocycles. The Morgan fingerprint density at radius 3 is 3.11 bits per heavy atom. The number of amides is 2. The molecule has 0 spiro atoms. The summed E-state index contributed by atoms with van der Waals surface area (Å²) in [6.07, 6.45) is 4.72. The van der Waals surface area contributed by atoms with Gasteiger partial charge in [-0.3, -0.25) is 19.8 Å². The van der Waals surface area contributed by atoms with Crippen LogP contribution in [0.4, 0.5) is 4.39 Å². The molecule has 0 unspecified atom stereocenters. The van der Waals surface area contributed by atoms with Crippen LogP contribution in [0.3, 0.4) is 0 Å². The highest BCUT2D eigenvalue weighted by Crippen LogP contribution is 2.34. The number of alkyl halides is 1. The Kier molecular flexibility index (Phi) is 6.00. The van der Waals surface area contributed by atoms with E-state index in [1.54, 1.807) is 18.5 Å². The van der Waals surface area contributed by atoms with Gasteiger partial charge in [0.05, 0.1) is 42.3 Å². The molecule has 8 nitrogen and oxygen atoms in total. The van der Waals surface area contributed by atoms with Crippen molar-refractivity contribution in [2.24, 2.45) is 5.92 Å². The summed E-state index contributed by atoms with van der Waals surface area (Å²) in [7, 11) is 0. The molecule has 2 amide bonds. The summed E-state index contributed by atoms with van der Waals surface area (Å²) in [5, 5.41) is 10.0. The summed E-state index contributed by atoms with van der Waals surface area (Å²) in [6, 6.07) is 1.24. The van der Waals surface area contributed by atoms with Crippen LogP contribution in [0.2, 0.25) is 0 Å². The highest BCUT2D eigenvalue weighted by Gasteiger charge is 2.40. The van der Waals surface area contributed by atoms with E-state index in [-0.39, 0.29) is 31.8 Å². The summed E-state index contributed by atoms with van der Waals surface area (Å²) in [4.78, 5) is 37.0. The standard InChI is InChI=1S/C18H24FN5O3/c1-2-3-4-12(9-23(27)11-25)18(26)24-10-13(19)7-16(24)17-21-14-5-6-20-8-15(14)22-17/h5-6,8,11-13,16,27H,2-4,7,9-10H2,1H3,(H,21,22)/t12-,13+,16-/m0/s1. The zero-order valence-electron chi connectivity index (χ0n) is 15.2. The number of hydrogen-bond donors (Lipinski definition) is 2. The highest BCUT2D eigenvalue weighted by atomic mass is 19.1. The van der Waals surface area contributed by atoms with Gasteiger partial charge in [-0.1, -0.05) is 19.8 Å². The van der Waals surface area contributed by atoms with Crippen molar-refractivity contribution in [2.45, 2.75) is 44.8 Å². The van der Waals surface area contributed by atoms with Gasteiger partial charge < -0.3 is 9.88 Å². The fraction of sp³-hybridized carbons (Fsp3) is 0.556. The van der Waals surface area contributed by atoms with E-state index in [4.69, 9.17) is 0 Å². The molecule has 146 valence electrons. The van der Waals surface area contributed by atoms with Gasteiger partial charge in [0.15, 0.2) is 0 Å². The number of hydrogen-bond acceptors (Lipinski definition) is 5. The van der Waals surface area contributed by atoms with E-state index in [9.17, 15) is 19.2 Å². The normalized spacial score (nSPS) is 20.8. The lowest BCUT2D eigenvalue weighted by Crippen LogP contribution is -2.41. The molecule has 2 aromatic heterocycles. The molecule has 3 atom stereocenters. The molecule has 9 heteroatoms. The van der Waals surface area contributed by atoms with E-state index in [0.29, 0.717) is 22.8 Å². The van der Waals surface area contributed by atoms with Crippen LogP contribution < -0.4 is 0 Å². The number of aromatic amines is 1. The van der Waals surface area contributed by atoms with E-state index >= 15 is 0 Å². The van der Waals surface area contributed by atoms with Crippen LogP contribution in [0.15, 0.2) is 18.5 Å². The minimum atomic E-state index is -1.14. The predicted octanol–water partition coefficient (Wildman–Crippen LogP) is 2.22. The fourth-order valence-electron chi connectivity index (χ4n) is 3.57. The van der Waals surface area contributed by atoms with E-state index in [2.05, 4.69) is 15.0 Å². The van der Waals surface area contributed by atoms with Crippen molar-refractivity contribution in [3.05, 3.63) is 24.3 Å². The molecular weight excluding hydrogens is 353 g/mol. The average Bonchev–Trinajstić information content (AvgIpc) is 3.27. The predicted molar refractivity (Wildman–Crippen MR) is 95.4 cm³/mol. The molecule has 0 aromatic carbocycles. The van der Waals surface area contributed by atoms with Gasteiger partial charge in [0.2, 0.25) is 12.3 Å². The third-order valence-electron chi connectivity index (χ3n) is 4.93. The minimum Gasteiger partial charge on any atom is -0.339 e. The second-order valence-corrected chi connectivity index (χ2v) is 6.92. The van der Waals surface area contributed by atoms with Crippen LogP contribution in [-0.2, 0) is 9.59 Å². The number of hydroxylamine groups is 2. The Balaban J connectivity index is 1.84. The first kappa shape index (κ1) is 19.2. The number of nitrogens with zero attached hydrogens (tertiary/aromatic N) is 4. The summed E-state index contributed by atoms with van der Waals surface area (Å²) in [5.74, 6) is -0.330. The Hall–Kier alpha value is -2.55. The highest BCUT2D eigenvalue weighted by molar-refractivity contribution is 5.80. The number of aromatic nitrogens is 3. The molecule has 2 aromatic rings. The molecule has 0 bridgehead atoms. The first-order chi connectivity index (χ1) is 13.0. The van der Waals surface area contributed by atoms with Crippen molar-refractivity contribution in [3.63, 3.8) is 0 Å². The SMILES string of the molecule is CCCC[C@@H](CN(O)C=O)C(=O)N1C[C@H](F)C[C@H]1c1nc2ccncc2[nH]1. The van der Waals surface area contributed by atoms with Gasteiger partial charge in [0.1, 0.15) is 12.0 Å². The summed E-state index contributed by atoms with van der Waals surface area (Å²) < 4.78 is 14.2. The maximum absolute atomic E-state index is 14.2. The van der Waals surface area contributed by atoms with E-state index < -0.39 is 18.1 Å². The first-order valence-corrected chi connectivity index (χ1v) is 9.18. The number of fused-ring (bicyclic) bond motifs is 1. The number of imidazole rings is 1. The second kappa shape index (κ2) is 8.43. The molecule has 27 heavy (non-hydrogen) atoms. The number of rotatable bonds is 8. The molecule has 3 rings (SSSR count). The lowest BCUT2D eigenvalue weighted by molar-refractivity contribution is -0.157. The van der Waals surface area contributed by atoms with Crippen LogP contribution in [0.5, 0.6) is 0 Å². The lowest BCUT2D eigenvalue weighted by atomic mass is 9.99. The lowest BCUT2D eigenvalue weighted by Gasteiger charge is -2.28. The molecule has 0 radical (unpaired) electrons. The Bertz CT molecular complexity index is 765. The van der Waals surface area contributed by atoms with Crippen molar-refractivity contribution in [1.29, 1.82) is 0 Å². The number of halogens is 1. The summed E-state index contributed by atoms with van der Waals surface area (Å²) in [6.45, 7) is 1.87. The quantitative estimate of drug-likeness (QED) is 0.417. The van der Waals surface area contributed by atoms with Crippen LogP contribution in [0.1, 0.15) is 44.5 Å². The second-order valence-electron chi connectivity index (χ2n) is 6.92. The number of pyridine rings is 1. The van der Waals surface area contributed by atoms with Gasteiger partial charge in [-0.25, -0.2) is 14.4 Å². The topological polar surface area (TPSA) is 102 Å². The molecule has 0 aliphatic carbocycles. The third kappa shape index (κ3) is 4.24. The van der Waals surface area contributed by atoms with Gasteiger partial charge >= 0.3 is 0 Å². The van der Waals surface area contributed by atoms with Crippen molar-refractivity contribution in [1.82, 2.24) is 24.9 Å². The summed E-state index contributed by atoms with van der Waals surface area (Å²) in [5.41, 5.74) is 1.44. The monoisotopic (exact) mass is 377 g/mol. The van der Waals surface area contributed by atoms with Crippen molar-refractivity contribution in [2.75, 3.05) is 13.1 Å². The smallest absolute Gasteiger partial charge is 0.233 e. The van der Waals surface area contributed by atoms with Crippen molar-refractivity contribution >= 4 is 23.4 Å². The maximum Gasteiger partial charge on any atom is 0.233 e. The van der Waals surface area contributed by atoms with E-state index in [0.717, 1.165) is 18.4 Å². The van der Waals surface area contributed by atoms with Crippen LogP contribution in [-0.4, -0.2) is 61.7 Å². The maximum atomic E-state index is 14.2. The zero-order chi connectivity index (χ0) is 19.4. The Morgan fingerprint density at radius 2 is 2.41 bits per heavy atom. The molecule has 1 aliphatic rings. The van der Waals surface area contributed by atoms with E-state index in [1.807, 2.05) is 6.92 Å². The number of nitrogens with one attached hydrogen (secondary N) is 1. The Labute approximate surface area is 156 Å². The number of unbranched alkanes of at least 4 members (excludes halogenated alkanes) is 1. The summed E-state index contributed by atoms with van der Waals surface area (Å²) >= 11 is 0.